The molecular formula is C16H20N2O4S2. The molecule has 0 atom stereocenters. The molecule has 0 saturated carbocycles. The van der Waals surface area contributed by atoms with Crippen molar-refractivity contribution in [3.8, 4) is 0 Å². The van der Waals surface area contributed by atoms with E-state index in [1.807, 2.05) is 0 Å². The number of hydrogen-bond acceptors (Lipinski definition) is 4. The number of benzene rings is 2. The van der Waals surface area contributed by atoms with Crippen molar-refractivity contribution in [3.63, 3.8) is 0 Å². The monoisotopic (exact) mass is 368 g/mol. The zero-order valence-electron chi connectivity index (χ0n) is 14.0. The molecule has 2 rings (SSSR count). The van der Waals surface area contributed by atoms with Crippen LogP contribution in [0.4, 0.5) is 11.4 Å². The van der Waals surface area contributed by atoms with Gasteiger partial charge in [0.15, 0.2) is 0 Å². The Bertz CT molecular complexity index is 936. The number of aryl methyl sites for hydroxylation is 1. The highest BCUT2D eigenvalue weighted by atomic mass is 32.2. The molecule has 0 aliphatic rings. The van der Waals surface area contributed by atoms with Gasteiger partial charge in [-0.05, 0) is 42.8 Å². The maximum absolute atomic E-state index is 12.8. The summed E-state index contributed by atoms with van der Waals surface area (Å²) in [6, 6.07) is 13.1. The predicted octanol–water partition coefficient (Wildman–Crippen LogP) is 2.22. The fourth-order valence-corrected chi connectivity index (χ4v) is 4.12. The number of nitrogens with zero attached hydrogens (tertiary/aromatic N) is 2. The highest BCUT2D eigenvalue weighted by molar-refractivity contribution is 7.93. The van der Waals surface area contributed by atoms with E-state index in [1.54, 1.807) is 55.5 Å². The van der Waals surface area contributed by atoms with E-state index < -0.39 is 20.0 Å². The molecule has 0 bridgehead atoms. The molecule has 0 fully saturated rings. The van der Waals surface area contributed by atoms with Crippen molar-refractivity contribution in [2.45, 2.75) is 11.8 Å². The van der Waals surface area contributed by atoms with E-state index in [9.17, 15) is 16.8 Å². The Morgan fingerprint density at radius 2 is 1.21 bits per heavy atom. The summed E-state index contributed by atoms with van der Waals surface area (Å²) in [7, 11) is -4.14. The van der Waals surface area contributed by atoms with Gasteiger partial charge in [-0.25, -0.2) is 16.8 Å². The Morgan fingerprint density at radius 3 is 1.67 bits per heavy atom. The fraction of sp³-hybridized carbons (Fsp3) is 0.250. The maximum Gasteiger partial charge on any atom is 0.264 e. The van der Waals surface area contributed by atoms with E-state index in [0.29, 0.717) is 16.9 Å². The minimum absolute atomic E-state index is 0.241. The average Bonchev–Trinajstić information content (AvgIpc) is 2.53. The third-order valence-corrected chi connectivity index (χ3v) is 6.96. The molecule has 0 aromatic heterocycles. The smallest absolute Gasteiger partial charge is 0.264 e. The Hall–Kier alpha value is -2.06. The lowest BCUT2D eigenvalue weighted by atomic mass is 10.2. The van der Waals surface area contributed by atoms with E-state index in [1.165, 1.54) is 18.4 Å². The van der Waals surface area contributed by atoms with Gasteiger partial charge >= 0.3 is 0 Å². The summed E-state index contributed by atoms with van der Waals surface area (Å²) in [5.74, 6) is 0. The van der Waals surface area contributed by atoms with Crippen molar-refractivity contribution < 1.29 is 16.8 Å². The van der Waals surface area contributed by atoms with Crippen LogP contribution in [0.1, 0.15) is 5.56 Å². The summed E-state index contributed by atoms with van der Waals surface area (Å²) in [4.78, 5) is 0.241. The van der Waals surface area contributed by atoms with E-state index >= 15 is 0 Å². The molecule has 8 heteroatoms. The van der Waals surface area contributed by atoms with Crippen LogP contribution in [0, 0.1) is 6.92 Å². The fourth-order valence-electron chi connectivity index (χ4n) is 2.20. The number of hydrogen-bond donors (Lipinski definition) is 0. The second-order valence-electron chi connectivity index (χ2n) is 5.48. The van der Waals surface area contributed by atoms with Crippen LogP contribution in [0.25, 0.3) is 0 Å². The molecule has 0 heterocycles. The molecule has 0 radical (unpaired) electrons. The van der Waals surface area contributed by atoms with E-state index in [2.05, 4.69) is 0 Å². The van der Waals surface area contributed by atoms with Crippen LogP contribution in [0.15, 0.2) is 53.4 Å². The van der Waals surface area contributed by atoms with E-state index in [0.717, 1.165) is 10.6 Å². The summed E-state index contributed by atoms with van der Waals surface area (Å²) in [5.41, 5.74) is 1.57. The van der Waals surface area contributed by atoms with Crippen LogP contribution in [-0.4, -0.2) is 37.2 Å². The van der Waals surface area contributed by atoms with Crippen LogP contribution in [-0.2, 0) is 20.0 Å². The van der Waals surface area contributed by atoms with Crippen molar-refractivity contribution in [3.05, 3.63) is 54.1 Å². The largest absolute Gasteiger partial charge is 0.274 e. The first-order chi connectivity index (χ1) is 11.0. The normalized spacial score (nSPS) is 12.0. The SMILES string of the molecule is Cc1ccccc1S(=O)(=O)N(C)c1ccc(N(C)S(C)(=O)=O)cc1. The Balaban J connectivity index is 2.37. The first-order valence-corrected chi connectivity index (χ1v) is 10.4. The van der Waals surface area contributed by atoms with Gasteiger partial charge in [0.2, 0.25) is 10.0 Å². The minimum atomic E-state index is -3.68. The third kappa shape index (κ3) is 3.54. The third-order valence-electron chi connectivity index (χ3n) is 3.81. The van der Waals surface area contributed by atoms with Crippen molar-refractivity contribution >= 4 is 31.4 Å². The summed E-state index contributed by atoms with van der Waals surface area (Å²) in [5, 5.41) is 0. The van der Waals surface area contributed by atoms with Gasteiger partial charge in [0.05, 0.1) is 22.5 Å². The van der Waals surface area contributed by atoms with Crippen LogP contribution in [0.5, 0.6) is 0 Å². The van der Waals surface area contributed by atoms with Gasteiger partial charge in [-0.2, -0.15) is 0 Å². The molecule has 2 aromatic rings. The molecule has 0 saturated heterocycles. The molecule has 24 heavy (non-hydrogen) atoms. The van der Waals surface area contributed by atoms with Gasteiger partial charge in [-0.3, -0.25) is 8.61 Å². The summed E-state index contributed by atoms with van der Waals surface area (Å²) in [6.45, 7) is 1.74. The molecule has 2 aromatic carbocycles. The molecular weight excluding hydrogens is 348 g/mol. The van der Waals surface area contributed by atoms with Crippen LogP contribution in [0.3, 0.4) is 0 Å². The summed E-state index contributed by atoms with van der Waals surface area (Å²) in [6.07, 6.45) is 1.11. The predicted molar refractivity (Wildman–Crippen MR) is 96.5 cm³/mol. The Morgan fingerprint density at radius 1 is 0.750 bits per heavy atom. The molecule has 0 unspecified atom stereocenters. The lowest BCUT2D eigenvalue weighted by Gasteiger charge is -2.22. The van der Waals surface area contributed by atoms with Gasteiger partial charge in [-0.15, -0.1) is 0 Å². The molecule has 130 valence electrons. The zero-order chi connectivity index (χ0) is 18.1. The second-order valence-corrected chi connectivity index (χ2v) is 9.44. The molecule has 0 N–H and O–H groups in total. The van der Waals surface area contributed by atoms with Gasteiger partial charge < -0.3 is 0 Å². The molecule has 0 amide bonds. The van der Waals surface area contributed by atoms with Gasteiger partial charge in [0, 0.05) is 14.1 Å². The number of anilines is 2. The molecule has 6 nitrogen and oxygen atoms in total. The lowest BCUT2D eigenvalue weighted by Crippen LogP contribution is -2.27. The van der Waals surface area contributed by atoms with Gasteiger partial charge in [-0.1, -0.05) is 18.2 Å². The average molecular weight is 368 g/mol. The van der Waals surface area contributed by atoms with Crippen LogP contribution in [0.2, 0.25) is 0 Å². The van der Waals surface area contributed by atoms with Crippen molar-refractivity contribution in [1.29, 1.82) is 0 Å². The maximum atomic E-state index is 12.8. The lowest BCUT2D eigenvalue weighted by molar-refractivity contribution is 0.593. The Labute approximate surface area is 143 Å². The van der Waals surface area contributed by atoms with Gasteiger partial charge in [0.1, 0.15) is 0 Å². The standard InChI is InChI=1S/C16H20N2O4S2/c1-13-7-5-6-8-16(13)24(21,22)18(3)15-11-9-14(10-12-15)17(2)23(4,19)20/h5-12H,1-4H3. The van der Waals surface area contributed by atoms with Crippen LogP contribution < -0.4 is 8.61 Å². The first-order valence-electron chi connectivity index (χ1n) is 7.13. The van der Waals surface area contributed by atoms with E-state index in [4.69, 9.17) is 0 Å². The molecule has 0 aliphatic carbocycles. The number of sulfonamides is 2. The van der Waals surface area contributed by atoms with Crippen LogP contribution >= 0.6 is 0 Å². The number of rotatable bonds is 5. The van der Waals surface area contributed by atoms with Crippen molar-refractivity contribution in [1.82, 2.24) is 0 Å². The second kappa shape index (κ2) is 6.45. The molecule has 0 spiro atoms. The van der Waals surface area contributed by atoms with E-state index in [-0.39, 0.29) is 4.90 Å². The summed E-state index contributed by atoms with van der Waals surface area (Å²) < 4.78 is 50.9. The summed E-state index contributed by atoms with van der Waals surface area (Å²) >= 11 is 0. The zero-order valence-corrected chi connectivity index (χ0v) is 15.6. The minimum Gasteiger partial charge on any atom is -0.274 e. The quantitative estimate of drug-likeness (QED) is 0.811. The van der Waals surface area contributed by atoms with Crippen molar-refractivity contribution in [2.24, 2.45) is 0 Å². The highest BCUT2D eigenvalue weighted by Crippen LogP contribution is 2.26. The highest BCUT2D eigenvalue weighted by Gasteiger charge is 2.23. The van der Waals surface area contributed by atoms with Gasteiger partial charge in [0.25, 0.3) is 10.0 Å². The molecule has 0 aliphatic heterocycles. The topological polar surface area (TPSA) is 74.8 Å². The Kier molecular flexibility index (Phi) is 4.91. The first kappa shape index (κ1) is 18.3. The van der Waals surface area contributed by atoms with Crippen molar-refractivity contribution in [2.75, 3.05) is 29.0 Å².